The minimum atomic E-state index is -1.40. The number of hydrogen-bond donors (Lipinski definition) is 0. The smallest absolute Gasteiger partial charge is 0.183 e. The summed E-state index contributed by atoms with van der Waals surface area (Å²) >= 11 is 3.08. The highest BCUT2D eigenvalue weighted by Crippen LogP contribution is 2.29. The Morgan fingerprint density at radius 3 is 2.00 bits per heavy atom. The highest BCUT2D eigenvalue weighted by Gasteiger charge is 2.35. The summed E-state index contributed by atoms with van der Waals surface area (Å²) in [7, 11) is -2.80. The van der Waals surface area contributed by atoms with Crippen molar-refractivity contribution in [3.8, 4) is 6.07 Å². The van der Waals surface area contributed by atoms with Gasteiger partial charge in [-0.05, 0) is 12.2 Å². The van der Waals surface area contributed by atoms with E-state index >= 15 is 0 Å². The zero-order chi connectivity index (χ0) is 14.4. The summed E-state index contributed by atoms with van der Waals surface area (Å²) in [4.78, 5) is 0. The first-order valence-electron chi connectivity index (χ1n) is 6.21. The molecule has 0 bridgehead atoms. The van der Waals surface area contributed by atoms with Crippen molar-refractivity contribution in [2.45, 2.75) is 52.6 Å². The molecule has 0 rings (SSSR count). The number of rotatable bonds is 6. The van der Waals surface area contributed by atoms with Gasteiger partial charge < -0.3 is 0 Å². The molecule has 0 atom stereocenters. The van der Waals surface area contributed by atoms with E-state index in [1.165, 1.54) is 12.1 Å². The SMILES string of the molecule is CCCS/C(C#N)=N/SN([Si](C)(C)C)[Si](C)(C)C. The number of thioether (sulfide) groups is 1. The third-order valence-corrected chi connectivity index (χ3v) is 13.8. The molecule has 0 N–H and O–H groups in total. The van der Waals surface area contributed by atoms with Crippen LogP contribution in [0, 0.1) is 11.3 Å². The molecular formula is C11H25N3S2Si2. The fraction of sp³-hybridized carbons (Fsp3) is 0.818. The zero-order valence-corrected chi connectivity index (χ0v) is 16.2. The van der Waals surface area contributed by atoms with Crippen LogP contribution < -0.4 is 0 Å². The van der Waals surface area contributed by atoms with Gasteiger partial charge in [-0.15, -0.1) is 0 Å². The van der Waals surface area contributed by atoms with Gasteiger partial charge in [0.1, 0.15) is 22.5 Å². The van der Waals surface area contributed by atoms with Crippen molar-refractivity contribution in [3.05, 3.63) is 0 Å². The van der Waals surface area contributed by atoms with Crippen LogP contribution in [0.3, 0.4) is 0 Å². The lowest BCUT2D eigenvalue weighted by Gasteiger charge is -2.40. The first-order chi connectivity index (χ1) is 8.12. The topological polar surface area (TPSA) is 39.4 Å². The van der Waals surface area contributed by atoms with Crippen molar-refractivity contribution in [1.82, 2.24) is 3.64 Å². The van der Waals surface area contributed by atoms with E-state index in [0.29, 0.717) is 5.04 Å². The van der Waals surface area contributed by atoms with Gasteiger partial charge in [0.05, 0.1) is 0 Å². The first kappa shape index (κ1) is 18.3. The molecule has 18 heavy (non-hydrogen) atoms. The molecule has 0 radical (unpaired) electrons. The molecule has 0 saturated carbocycles. The van der Waals surface area contributed by atoms with E-state index in [0.717, 1.165) is 12.2 Å². The third-order valence-electron chi connectivity index (χ3n) is 1.96. The molecule has 7 heteroatoms. The highest BCUT2D eigenvalue weighted by atomic mass is 32.2. The van der Waals surface area contributed by atoms with Crippen LogP contribution in [0.4, 0.5) is 0 Å². The summed E-state index contributed by atoms with van der Waals surface area (Å²) in [5, 5.41) is 9.66. The normalized spacial score (nSPS) is 13.8. The average Bonchev–Trinajstić information content (AvgIpc) is 2.19. The van der Waals surface area contributed by atoms with E-state index in [1.807, 2.05) is 0 Å². The molecule has 0 spiro atoms. The van der Waals surface area contributed by atoms with Gasteiger partial charge in [-0.2, -0.15) is 9.66 Å². The van der Waals surface area contributed by atoms with E-state index in [-0.39, 0.29) is 0 Å². The van der Waals surface area contributed by atoms with Crippen LogP contribution in [0.2, 0.25) is 39.3 Å². The molecular weight excluding hydrogens is 294 g/mol. The zero-order valence-electron chi connectivity index (χ0n) is 12.6. The number of nitrogens with zero attached hydrogens (tertiary/aromatic N) is 3. The van der Waals surface area contributed by atoms with Gasteiger partial charge in [0.15, 0.2) is 5.04 Å². The molecule has 0 saturated heterocycles. The van der Waals surface area contributed by atoms with Crippen LogP contribution in [0.25, 0.3) is 0 Å². The Labute approximate surface area is 123 Å². The molecule has 0 heterocycles. The Hall–Kier alpha value is 0.254. The Balaban J connectivity index is 4.81. The van der Waals surface area contributed by atoms with Crippen LogP contribution in [0.1, 0.15) is 13.3 Å². The van der Waals surface area contributed by atoms with Crippen LogP contribution in [-0.2, 0) is 0 Å². The molecule has 0 aromatic heterocycles. The largest absolute Gasteiger partial charge is 0.274 e. The van der Waals surface area contributed by atoms with Crippen molar-refractivity contribution in [2.24, 2.45) is 4.40 Å². The summed E-state index contributed by atoms with van der Waals surface area (Å²) in [5.74, 6) is 0.965. The van der Waals surface area contributed by atoms with Crippen LogP contribution in [0.5, 0.6) is 0 Å². The van der Waals surface area contributed by atoms with Crippen molar-refractivity contribution >= 4 is 45.4 Å². The second-order valence-electron chi connectivity index (χ2n) is 6.07. The second kappa shape index (κ2) is 7.75. The molecule has 0 aromatic carbocycles. The minimum Gasteiger partial charge on any atom is -0.274 e. The third kappa shape index (κ3) is 6.99. The first-order valence-corrected chi connectivity index (χ1v) is 14.8. The van der Waals surface area contributed by atoms with Crippen LogP contribution >= 0.6 is 23.9 Å². The summed E-state index contributed by atoms with van der Waals surface area (Å²) in [5.41, 5.74) is 0. The fourth-order valence-corrected chi connectivity index (χ4v) is 12.8. The van der Waals surface area contributed by atoms with E-state index < -0.39 is 16.5 Å². The van der Waals surface area contributed by atoms with Gasteiger partial charge in [-0.1, -0.05) is 58.0 Å². The highest BCUT2D eigenvalue weighted by molar-refractivity contribution is 8.15. The molecule has 0 aromatic rings. The van der Waals surface area contributed by atoms with Crippen LogP contribution in [-0.4, -0.2) is 30.9 Å². The van der Waals surface area contributed by atoms with Gasteiger partial charge in [-0.3, -0.25) is 3.64 Å². The monoisotopic (exact) mass is 319 g/mol. The molecule has 3 nitrogen and oxygen atoms in total. The van der Waals surface area contributed by atoms with Gasteiger partial charge in [0.2, 0.25) is 0 Å². The maximum atomic E-state index is 9.06. The maximum Gasteiger partial charge on any atom is 0.183 e. The minimum absolute atomic E-state index is 0.600. The Morgan fingerprint density at radius 2 is 1.67 bits per heavy atom. The molecule has 0 aliphatic rings. The van der Waals surface area contributed by atoms with Gasteiger partial charge in [0, 0.05) is 12.1 Å². The van der Waals surface area contributed by atoms with Crippen molar-refractivity contribution in [3.63, 3.8) is 0 Å². The maximum absolute atomic E-state index is 9.06. The number of hydrogen-bond acceptors (Lipinski definition) is 5. The lowest BCUT2D eigenvalue weighted by Crippen LogP contribution is -2.54. The van der Waals surface area contributed by atoms with E-state index in [9.17, 15) is 0 Å². The molecule has 0 fully saturated rings. The molecule has 0 aliphatic heterocycles. The molecule has 0 unspecified atom stereocenters. The average molecular weight is 320 g/mol. The summed E-state index contributed by atoms with van der Waals surface area (Å²) in [6.45, 7) is 16.1. The summed E-state index contributed by atoms with van der Waals surface area (Å²) in [6.07, 6.45) is 1.07. The summed E-state index contributed by atoms with van der Waals surface area (Å²) < 4.78 is 6.95. The van der Waals surface area contributed by atoms with E-state index in [4.69, 9.17) is 5.26 Å². The number of nitriles is 1. The Kier molecular flexibility index (Phi) is 7.86. The van der Waals surface area contributed by atoms with Gasteiger partial charge >= 0.3 is 0 Å². The predicted molar refractivity (Wildman–Crippen MR) is 91.9 cm³/mol. The Bertz CT molecular complexity index is 313. The fourth-order valence-electron chi connectivity index (χ4n) is 1.61. The van der Waals surface area contributed by atoms with Crippen molar-refractivity contribution in [2.75, 3.05) is 5.75 Å². The quantitative estimate of drug-likeness (QED) is 0.311. The lowest BCUT2D eigenvalue weighted by molar-refractivity contribution is 1.000. The van der Waals surface area contributed by atoms with Crippen molar-refractivity contribution < 1.29 is 0 Å². The Morgan fingerprint density at radius 1 is 1.17 bits per heavy atom. The lowest BCUT2D eigenvalue weighted by atomic mass is 10.6. The van der Waals surface area contributed by atoms with Gasteiger partial charge in [-0.25, -0.2) is 0 Å². The standard InChI is InChI=1S/C11H25N3S2Si2/c1-8-9-15-11(10-12)13-16-14(17(2,3)4)18(5,6)7/h8-9H2,1-7H3/b13-11+. The van der Waals surface area contributed by atoms with Gasteiger partial charge in [0.25, 0.3) is 0 Å². The molecule has 0 aliphatic carbocycles. The van der Waals surface area contributed by atoms with Crippen LogP contribution in [0.15, 0.2) is 4.40 Å². The van der Waals surface area contributed by atoms with E-state index in [2.05, 4.69) is 60.3 Å². The second-order valence-corrected chi connectivity index (χ2v) is 18.5. The molecule has 0 amide bonds. The van der Waals surface area contributed by atoms with Crippen molar-refractivity contribution in [1.29, 1.82) is 5.26 Å². The molecule has 104 valence electrons. The predicted octanol–water partition coefficient (Wildman–Crippen LogP) is 4.59. The summed E-state index contributed by atoms with van der Waals surface area (Å²) in [6, 6.07) is 2.19. The van der Waals surface area contributed by atoms with E-state index in [1.54, 1.807) is 11.8 Å².